The van der Waals surface area contributed by atoms with Crippen LogP contribution in [-0.2, 0) is 18.9 Å². The van der Waals surface area contributed by atoms with Crippen molar-refractivity contribution < 1.29 is 31.9 Å². The van der Waals surface area contributed by atoms with E-state index < -0.39 is 28.1 Å². The Labute approximate surface area is 443 Å². The van der Waals surface area contributed by atoms with Gasteiger partial charge in [0.25, 0.3) is 5.69 Å². The van der Waals surface area contributed by atoms with E-state index in [-0.39, 0.29) is 40.7 Å². The number of likely N-dealkylation sites (tertiary alicyclic amines) is 1. The molecule has 0 unspecified atom stereocenters. The van der Waals surface area contributed by atoms with Crippen molar-refractivity contribution in [1.82, 2.24) is 9.47 Å². The van der Waals surface area contributed by atoms with E-state index in [1.54, 1.807) is 47.6 Å². The minimum atomic E-state index is -3.79. The third-order valence-electron chi connectivity index (χ3n) is 14.2. The number of anilines is 4. The zero-order chi connectivity index (χ0) is 52.3. The molecular formula is C55H64ClFN7O7PS2. The van der Waals surface area contributed by atoms with E-state index in [0.29, 0.717) is 89.5 Å². The highest BCUT2D eigenvalue weighted by molar-refractivity contribution is 7.99. The van der Waals surface area contributed by atoms with Gasteiger partial charge in [-0.1, -0.05) is 41.9 Å². The molecule has 2 atom stereocenters. The summed E-state index contributed by atoms with van der Waals surface area (Å²) in [4.78, 5) is 20.3. The number of benzene rings is 5. The van der Waals surface area contributed by atoms with Crippen LogP contribution in [0.1, 0.15) is 51.3 Å². The molecule has 74 heavy (non-hydrogen) atoms. The molecule has 6 aromatic rings. The maximum Gasteiger partial charge on any atom is 0.326 e. The fourth-order valence-electron chi connectivity index (χ4n) is 10.6. The van der Waals surface area contributed by atoms with E-state index in [9.17, 15) is 23.6 Å². The van der Waals surface area contributed by atoms with Crippen molar-refractivity contribution >= 4 is 74.5 Å². The number of halogens is 2. The number of nitro benzene ring substituents is 1. The largest absolute Gasteiger partial charge is 0.393 e. The number of aromatic nitrogens is 1. The third-order valence-corrected chi connectivity index (χ3v) is 19.4. The lowest BCUT2D eigenvalue weighted by molar-refractivity contribution is -0.383. The lowest BCUT2D eigenvalue weighted by Gasteiger charge is -2.38. The minimum Gasteiger partial charge on any atom is -0.393 e. The van der Waals surface area contributed by atoms with Gasteiger partial charge in [0.15, 0.2) is 9.84 Å². The number of nitro groups is 1. The maximum atomic E-state index is 15.8. The Morgan fingerprint density at radius 1 is 0.865 bits per heavy atom. The molecule has 4 heterocycles. The second kappa shape index (κ2) is 22.8. The molecule has 3 aliphatic rings. The SMILES string of the molecule is Cc1c(S(C)(=O)=O)c(-c2cc(F)cc(N3CCN(c4ccc(N5CCCO[P@]5(=O)c5ccc(N[C@H](CCN6CCC(O)CC6)CSc6ccccc6)c([N+](=O)[O-])c5)cc4)CC3)c2)c(-c2ccc(Cl)cc2)n1C(C)C. The second-order valence-electron chi connectivity index (χ2n) is 19.7. The summed E-state index contributed by atoms with van der Waals surface area (Å²) in [6.07, 6.45) is 3.74. The maximum absolute atomic E-state index is 15.8. The highest BCUT2D eigenvalue weighted by Gasteiger charge is 2.39. The normalized spacial score (nSPS) is 18.5. The van der Waals surface area contributed by atoms with E-state index in [2.05, 4.69) is 20.0 Å². The number of sulfone groups is 1. The molecule has 392 valence electrons. The Morgan fingerprint density at radius 3 is 2.18 bits per heavy atom. The van der Waals surface area contributed by atoms with Crippen LogP contribution in [0.3, 0.4) is 0 Å². The number of piperidine rings is 1. The van der Waals surface area contributed by atoms with E-state index in [1.807, 2.05) is 91.2 Å². The van der Waals surface area contributed by atoms with Crippen LogP contribution in [0.2, 0.25) is 5.02 Å². The van der Waals surface area contributed by atoms with E-state index >= 15 is 8.96 Å². The van der Waals surface area contributed by atoms with Crippen LogP contribution in [0, 0.1) is 22.9 Å². The lowest BCUT2D eigenvalue weighted by atomic mass is 9.99. The first-order chi connectivity index (χ1) is 35.5. The highest BCUT2D eigenvalue weighted by Crippen LogP contribution is 2.55. The molecule has 0 saturated carbocycles. The summed E-state index contributed by atoms with van der Waals surface area (Å²) in [5, 5.41) is 27.1. The number of piperazine rings is 1. The van der Waals surface area contributed by atoms with Crippen LogP contribution < -0.4 is 25.1 Å². The van der Waals surface area contributed by atoms with Gasteiger partial charge in [0.1, 0.15) is 11.5 Å². The number of rotatable bonds is 17. The fraction of sp³-hybridized carbons (Fsp3) is 0.382. The third kappa shape index (κ3) is 11.8. The summed E-state index contributed by atoms with van der Waals surface area (Å²) in [7, 11) is -7.55. The van der Waals surface area contributed by atoms with E-state index in [1.165, 1.54) is 24.5 Å². The highest BCUT2D eigenvalue weighted by atomic mass is 35.5. The molecule has 3 saturated heterocycles. The molecule has 0 bridgehead atoms. The first kappa shape index (κ1) is 53.4. The van der Waals surface area contributed by atoms with Crippen molar-refractivity contribution in [2.75, 3.05) is 90.8 Å². The number of nitrogens with one attached hydrogen (secondary N) is 1. The van der Waals surface area contributed by atoms with Gasteiger partial charge in [-0.15, -0.1) is 11.8 Å². The molecule has 0 spiro atoms. The standard InChI is InChI=1S/C55H64ClFN7O7PS2/c1-38(2)63-39(3)55(74(4,69)70)53(54(63)40-11-13-42(56)14-12-40)41-33-43(57)35-47(34-41)61-30-28-60(29-31-61)45-15-17-46(18-16-45)62-24-8-32-71-72(62,68)49-19-20-51(52(36-49)64(66)67)58-44(37-73-50-9-6-5-7-10-50)21-25-59-26-22-48(65)23-27-59/h5-7,9-20,33-36,38,44,48,58,65H,8,21-32,37H2,1-4H3/t44-,72-/m1/s1. The van der Waals surface area contributed by atoms with Crippen LogP contribution >= 0.6 is 30.9 Å². The van der Waals surface area contributed by atoms with Gasteiger partial charge in [-0.2, -0.15) is 0 Å². The number of aliphatic hydroxyl groups excluding tert-OH is 1. The summed E-state index contributed by atoms with van der Waals surface area (Å²) >= 11 is 7.97. The Kier molecular flexibility index (Phi) is 16.5. The van der Waals surface area contributed by atoms with Gasteiger partial charge in [0, 0.05) is 121 Å². The van der Waals surface area contributed by atoms with Gasteiger partial charge >= 0.3 is 7.52 Å². The molecule has 1 aromatic heterocycles. The topological polar surface area (TPSA) is 154 Å². The lowest BCUT2D eigenvalue weighted by Crippen LogP contribution is -2.46. The van der Waals surface area contributed by atoms with Crippen LogP contribution in [0.25, 0.3) is 22.4 Å². The summed E-state index contributed by atoms with van der Waals surface area (Å²) in [6, 6.07) is 34.4. The molecule has 2 N–H and O–H groups in total. The molecule has 19 heteroatoms. The van der Waals surface area contributed by atoms with Gasteiger partial charge < -0.3 is 34.2 Å². The van der Waals surface area contributed by atoms with Crippen molar-refractivity contribution in [3.8, 4) is 22.4 Å². The molecule has 5 aromatic carbocycles. The Bertz CT molecular complexity index is 3120. The van der Waals surface area contributed by atoms with Crippen molar-refractivity contribution in [1.29, 1.82) is 0 Å². The Morgan fingerprint density at radius 2 is 1.53 bits per heavy atom. The number of thioether (sulfide) groups is 1. The zero-order valence-electron chi connectivity index (χ0n) is 42.2. The van der Waals surface area contributed by atoms with Crippen molar-refractivity contribution in [3.05, 3.63) is 142 Å². The summed E-state index contributed by atoms with van der Waals surface area (Å²) < 4.78 is 67.9. The van der Waals surface area contributed by atoms with Gasteiger partial charge in [0.2, 0.25) is 0 Å². The van der Waals surface area contributed by atoms with Crippen LogP contribution in [-0.4, -0.2) is 111 Å². The van der Waals surface area contributed by atoms with Gasteiger partial charge in [-0.3, -0.25) is 19.3 Å². The van der Waals surface area contributed by atoms with Crippen molar-refractivity contribution in [2.45, 2.75) is 74.4 Å². The molecule has 0 radical (unpaired) electrons. The molecule has 3 aliphatic heterocycles. The van der Waals surface area contributed by atoms with Crippen LogP contribution in [0.15, 0.2) is 125 Å². The average molecular weight is 1080 g/mol. The number of aliphatic hydroxyl groups is 1. The molecule has 0 aliphatic carbocycles. The van der Waals surface area contributed by atoms with Gasteiger partial charge in [-0.25, -0.2) is 12.8 Å². The molecule has 3 fully saturated rings. The Balaban J connectivity index is 0.912. The van der Waals surface area contributed by atoms with Crippen molar-refractivity contribution in [3.63, 3.8) is 0 Å². The first-order valence-corrected chi connectivity index (χ1v) is 30.1. The van der Waals surface area contributed by atoms with Crippen molar-refractivity contribution in [2.24, 2.45) is 0 Å². The number of hydrogen-bond donors (Lipinski definition) is 2. The summed E-state index contributed by atoms with van der Waals surface area (Å²) in [6.45, 7) is 11.2. The smallest absolute Gasteiger partial charge is 0.326 e. The zero-order valence-corrected chi connectivity index (χ0v) is 45.5. The average Bonchev–Trinajstić information content (AvgIpc) is 3.72. The molecule has 14 nitrogen and oxygen atoms in total. The van der Waals surface area contributed by atoms with E-state index in [0.717, 1.165) is 55.0 Å². The predicted octanol–water partition coefficient (Wildman–Crippen LogP) is 11.3. The summed E-state index contributed by atoms with van der Waals surface area (Å²) in [5.41, 5.74) is 5.39. The van der Waals surface area contributed by atoms with Gasteiger partial charge in [-0.05, 0) is 136 Å². The summed E-state index contributed by atoms with van der Waals surface area (Å²) in [5.74, 6) is 0.197. The van der Waals surface area contributed by atoms with Crippen LogP contribution in [0.4, 0.5) is 32.8 Å². The monoisotopic (exact) mass is 1080 g/mol. The quantitative estimate of drug-likeness (QED) is 0.0386. The number of hydrogen-bond acceptors (Lipinski definition) is 12. The molecule has 9 rings (SSSR count). The van der Waals surface area contributed by atoms with Crippen LogP contribution in [0.5, 0.6) is 0 Å². The van der Waals surface area contributed by atoms with Gasteiger partial charge in [0.05, 0.1) is 33.5 Å². The number of nitrogens with zero attached hydrogens (tertiary/aromatic N) is 6. The molecule has 0 amide bonds. The second-order valence-corrected chi connectivity index (χ2v) is 25.5. The predicted molar refractivity (Wildman–Crippen MR) is 298 cm³/mol. The van der Waals surface area contributed by atoms with E-state index in [4.69, 9.17) is 16.1 Å². The Hall–Kier alpha value is -5.39. The molecular weight excluding hydrogens is 1020 g/mol. The first-order valence-electron chi connectivity index (χ1n) is 25.2. The minimum absolute atomic E-state index is 0.0979. The fourth-order valence-corrected chi connectivity index (χ4v) is 15.3.